The number of imidazole rings is 1. The van der Waals surface area contributed by atoms with Crippen molar-refractivity contribution in [2.75, 3.05) is 4.90 Å². The van der Waals surface area contributed by atoms with Crippen LogP contribution in [0, 0.1) is 0 Å². The van der Waals surface area contributed by atoms with Gasteiger partial charge in [0.15, 0.2) is 5.82 Å². The van der Waals surface area contributed by atoms with Crippen LogP contribution in [0.5, 0.6) is 0 Å². The van der Waals surface area contributed by atoms with E-state index in [2.05, 4.69) is 14.9 Å². The Morgan fingerprint density at radius 1 is 1.21 bits per heavy atom. The number of fused-ring (bicyclic) bond motifs is 3. The number of pyridine rings is 1. The quantitative estimate of drug-likeness (QED) is 0.841. The van der Waals surface area contributed by atoms with Crippen molar-refractivity contribution < 1.29 is 5.11 Å². The third kappa shape index (κ3) is 1.57. The second-order valence-electron chi connectivity index (χ2n) is 5.78. The summed E-state index contributed by atoms with van der Waals surface area (Å²) < 4.78 is 2.03. The Labute approximate surface area is 111 Å². The molecule has 1 N–H and O–H groups in total. The normalized spacial score (nSPS) is 30.2. The lowest BCUT2D eigenvalue weighted by atomic mass is 10.00. The minimum atomic E-state index is -0.142. The molecule has 0 aliphatic carbocycles. The highest BCUT2D eigenvalue weighted by Gasteiger charge is 2.41. The summed E-state index contributed by atoms with van der Waals surface area (Å²) in [5.74, 6) is 0.998. The number of hydrogen-bond acceptors (Lipinski definition) is 4. The van der Waals surface area contributed by atoms with E-state index in [1.54, 1.807) is 0 Å². The zero-order valence-corrected chi connectivity index (χ0v) is 11.0. The molecule has 2 fully saturated rings. The molecule has 0 saturated carbocycles. The Morgan fingerprint density at radius 2 is 1.95 bits per heavy atom. The Kier molecular flexibility index (Phi) is 2.33. The molecular formula is C14H18N4O. The molecule has 5 heteroatoms. The molecule has 2 atom stereocenters. The van der Waals surface area contributed by atoms with E-state index in [0.717, 1.165) is 42.5 Å². The average Bonchev–Trinajstić information content (AvgIpc) is 2.89. The van der Waals surface area contributed by atoms with Gasteiger partial charge in [-0.1, -0.05) is 0 Å². The van der Waals surface area contributed by atoms with Crippen LogP contribution in [0.3, 0.4) is 0 Å². The molecule has 2 bridgehead atoms. The van der Waals surface area contributed by atoms with Gasteiger partial charge in [-0.05, 0) is 31.7 Å². The number of aryl methyl sites for hydroxylation is 1. The van der Waals surface area contributed by atoms with Crippen molar-refractivity contribution in [2.45, 2.75) is 43.9 Å². The lowest BCUT2D eigenvalue weighted by Crippen LogP contribution is -2.45. The van der Waals surface area contributed by atoms with E-state index in [9.17, 15) is 5.11 Å². The predicted molar refractivity (Wildman–Crippen MR) is 73.0 cm³/mol. The SMILES string of the molecule is Cn1cnc2c(N3C4CCC3CC(O)C4)nccc21. The predicted octanol–water partition coefficient (Wildman–Crippen LogP) is 1.46. The summed E-state index contributed by atoms with van der Waals surface area (Å²) in [6, 6.07) is 2.86. The first-order chi connectivity index (χ1) is 9.24. The molecule has 4 rings (SSSR count). The van der Waals surface area contributed by atoms with Crippen LogP contribution in [0.2, 0.25) is 0 Å². The standard InChI is InChI=1S/C14H18N4O/c1-17-8-16-13-12(17)4-5-15-14(13)18-9-2-3-10(18)7-11(19)6-9/h4-5,8-11,19H,2-3,6-7H2,1H3. The van der Waals surface area contributed by atoms with E-state index in [1.165, 1.54) is 0 Å². The molecule has 0 amide bonds. The van der Waals surface area contributed by atoms with Gasteiger partial charge in [0.2, 0.25) is 0 Å². The maximum atomic E-state index is 9.91. The van der Waals surface area contributed by atoms with E-state index in [-0.39, 0.29) is 6.10 Å². The second kappa shape index (κ2) is 3.93. The first-order valence-electron chi connectivity index (χ1n) is 6.96. The number of aliphatic hydroxyl groups excluding tert-OH is 1. The van der Waals surface area contributed by atoms with Crippen molar-refractivity contribution in [3.05, 3.63) is 18.6 Å². The van der Waals surface area contributed by atoms with E-state index in [4.69, 9.17) is 0 Å². The summed E-state index contributed by atoms with van der Waals surface area (Å²) in [5, 5.41) is 9.91. The largest absolute Gasteiger partial charge is 0.393 e. The van der Waals surface area contributed by atoms with E-state index >= 15 is 0 Å². The van der Waals surface area contributed by atoms with Crippen LogP contribution in [0.15, 0.2) is 18.6 Å². The monoisotopic (exact) mass is 258 g/mol. The molecule has 2 aromatic rings. The molecule has 4 heterocycles. The average molecular weight is 258 g/mol. The molecule has 0 aromatic carbocycles. The zero-order valence-electron chi connectivity index (χ0n) is 11.0. The summed E-state index contributed by atoms with van der Waals surface area (Å²) in [6.07, 6.45) is 7.61. The molecule has 0 radical (unpaired) electrons. The van der Waals surface area contributed by atoms with Crippen LogP contribution >= 0.6 is 0 Å². The Balaban J connectivity index is 1.83. The van der Waals surface area contributed by atoms with Crippen LogP contribution in [-0.2, 0) is 7.05 Å². The van der Waals surface area contributed by atoms with Crippen molar-refractivity contribution >= 4 is 16.9 Å². The van der Waals surface area contributed by atoms with Gasteiger partial charge in [0.25, 0.3) is 0 Å². The lowest BCUT2D eigenvalue weighted by Gasteiger charge is -2.38. The van der Waals surface area contributed by atoms with E-state index < -0.39 is 0 Å². The lowest BCUT2D eigenvalue weighted by molar-refractivity contribution is 0.126. The fourth-order valence-corrected chi connectivity index (χ4v) is 3.73. The summed E-state index contributed by atoms with van der Waals surface area (Å²) in [4.78, 5) is 11.5. The molecule has 2 saturated heterocycles. The third-order valence-electron chi connectivity index (χ3n) is 4.58. The topological polar surface area (TPSA) is 54.2 Å². The number of piperidine rings is 1. The molecule has 5 nitrogen and oxygen atoms in total. The van der Waals surface area contributed by atoms with Gasteiger partial charge in [0.1, 0.15) is 5.52 Å². The van der Waals surface area contributed by atoms with Gasteiger partial charge >= 0.3 is 0 Å². The molecule has 19 heavy (non-hydrogen) atoms. The third-order valence-corrected chi connectivity index (χ3v) is 4.58. The highest BCUT2D eigenvalue weighted by Crippen LogP contribution is 2.40. The molecule has 100 valence electrons. The maximum Gasteiger partial charge on any atom is 0.157 e. The van der Waals surface area contributed by atoms with Gasteiger partial charge in [-0.3, -0.25) is 0 Å². The molecular weight excluding hydrogens is 240 g/mol. The smallest absolute Gasteiger partial charge is 0.157 e. The fourth-order valence-electron chi connectivity index (χ4n) is 3.73. The number of anilines is 1. The van der Waals surface area contributed by atoms with Crippen LogP contribution in [0.25, 0.3) is 11.0 Å². The van der Waals surface area contributed by atoms with Gasteiger partial charge in [-0.25, -0.2) is 9.97 Å². The van der Waals surface area contributed by atoms with Gasteiger partial charge in [0, 0.05) is 25.3 Å². The number of aliphatic hydroxyl groups is 1. The van der Waals surface area contributed by atoms with Crippen LogP contribution in [0.1, 0.15) is 25.7 Å². The van der Waals surface area contributed by atoms with Crippen molar-refractivity contribution in [3.8, 4) is 0 Å². The second-order valence-corrected chi connectivity index (χ2v) is 5.78. The molecule has 2 aliphatic rings. The number of nitrogens with zero attached hydrogens (tertiary/aromatic N) is 4. The molecule has 2 unspecified atom stereocenters. The number of hydrogen-bond donors (Lipinski definition) is 1. The summed E-state index contributed by atoms with van der Waals surface area (Å²) in [5.41, 5.74) is 2.11. The maximum absolute atomic E-state index is 9.91. The van der Waals surface area contributed by atoms with Crippen molar-refractivity contribution in [1.82, 2.24) is 14.5 Å². The summed E-state index contributed by atoms with van der Waals surface area (Å²) >= 11 is 0. The fraction of sp³-hybridized carbons (Fsp3) is 0.571. The number of aromatic nitrogens is 3. The highest BCUT2D eigenvalue weighted by atomic mass is 16.3. The highest BCUT2D eigenvalue weighted by molar-refractivity contribution is 5.86. The van der Waals surface area contributed by atoms with Crippen molar-refractivity contribution in [3.63, 3.8) is 0 Å². The Bertz CT molecular complexity index is 609. The first kappa shape index (κ1) is 11.2. The first-order valence-corrected chi connectivity index (χ1v) is 6.96. The van der Waals surface area contributed by atoms with E-state index in [0.29, 0.717) is 12.1 Å². The van der Waals surface area contributed by atoms with Crippen LogP contribution in [-0.4, -0.2) is 37.8 Å². The van der Waals surface area contributed by atoms with Crippen molar-refractivity contribution in [1.29, 1.82) is 0 Å². The minimum Gasteiger partial charge on any atom is -0.393 e. The van der Waals surface area contributed by atoms with Gasteiger partial charge in [-0.15, -0.1) is 0 Å². The molecule has 2 aliphatic heterocycles. The minimum absolute atomic E-state index is 0.142. The number of rotatable bonds is 1. The van der Waals surface area contributed by atoms with Crippen LogP contribution in [0.4, 0.5) is 5.82 Å². The Hall–Kier alpha value is -1.62. The summed E-state index contributed by atoms with van der Waals surface area (Å²) in [7, 11) is 2.01. The Morgan fingerprint density at radius 3 is 2.68 bits per heavy atom. The van der Waals surface area contributed by atoms with E-state index in [1.807, 2.05) is 30.2 Å². The van der Waals surface area contributed by atoms with Crippen molar-refractivity contribution in [2.24, 2.45) is 7.05 Å². The van der Waals surface area contributed by atoms with Gasteiger partial charge in [0.05, 0.1) is 17.9 Å². The zero-order chi connectivity index (χ0) is 13.0. The van der Waals surface area contributed by atoms with Gasteiger partial charge in [-0.2, -0.15) is 0 Å². The van der Waals surface area contributed by atoms with Gasteiger partial charge < -0.3 is 14.6 Å². The molecule has 2 aromatic heterocycles. The molecule has 0 spiro atoms. The van der Waals surface area contributed by atoms with Crippen LogP contribution < -0.4 is 4.90 Å². The summed E-state index contributed by atoms with van der Waals surface area (Å²) in [6.45, 7) is 0.